The first-order valence-corrected chi connectivity index (χ1v) is 12.0. The number of hydrogen-bond acceptors (Lipinski definition) is 14. The molecule has 0 fully saturated rings. The molecule has 0 aromatic heterocycles. The second kappa shape index (κ2) is 14.6. The molecule has 0 amide bonds. The Morgan fingerprint density at radius 1 is 0.568 bits per heavy atom. The number of esters is 4. The topological polar surface area (TPSA) is 220 Å². The number of carbonyl (C=O) groups is 4. The second-order valence-corrected chi connectivity index (χ2v) is 8.99. The van der Waals surface area contributed by atoms with Crippen molar-refractivity contribution in [1.29, 1.82) is 0 Å². The van der Waals surface area contributed by atoms with Gasteiger partial charge < -0.3 is 28.1 Å². The van der Waals surface area contributed by atoms with Crippen molar-refractivity contribution in [3.05, 3.63) is 58.7 Å². The van der Waals surface area contributed by atoms with E-state index in [-0.39, 0.29) is 60.0 Å². The summed E-state index contributed by atoms with van der Waals surface area (Å²) in [5.74, 6) is -3.62. The average molecular weight is 684 g/mol. The van der Waals surface area contributed by atoms with Crippen LogP contribution in [0.2, 0.25) is 0 Å². The molecular formula is C20H18BaO14S2. The Labute approximate surface area is 251 Å². The van der Waals surface area contributed by atoms with Crippen LogP contribution in [0.1, 0.15) is 41.4 Å². The molecular weight excluding hydrogens is 666 g/mol. The average Bonchev–Trinajstić information content (AvgIpc) is 2.85. The Balaban J connectivity index is 0.000000682. The predicted octanol–water partition coefficient (Wildman–Crippen LogP) is -0.0530. The Hall–Kier alpha value is -2.29. The summed E-state index contributed by atoms with van der Waals surface area (Å²) in [5, 5.41) is 0. The van der Waals surface area contributed by atoms with Gasteiger partial charge in [0.05, 0.1) is 60.5 Å². The zero-order chi connectivity index (χ0) is 27.8. The third kappa shape index (κ3) is 9.51. The fraction of sp³-hybridized carbons (Fsp3) is 0.200. The van der Waals surface area contributed by atoms with Gasteiger partial charge in [0.25, 0.3) is 0 Å². The number of carbonyl (C=O) groups excluding carboxylic acids is 4. The van der Waals surface area contributed by atoms with Crippen molar-refractivity contribution in [2.75, 3.05) is 28.4 Å². The maximum atomic E-state index is 11.3. The van der Waals surface area contributed by atoms with Crippen LogP contribution in [0.4, 0.5) is 0 Å². The van der Waals surface area contributed by atoms with Crippen LogP contribution in [0.3, 0.4) is 0 Å². The molecule has 37 heavy (non-hydrogen) atoms. The van der Waals surface area contributed by atoms with Gasteiger partial charge in [-0.05, 0) is 36.4 Å². The summed E-state index contributed by atoms with van der Waals surface area (Å²) in [6.07, 6.45) is 0. The van der Waals surface area contributed by atoms with Crippen LogP contribution in [0.15, 0.2) is 46.2 Å². The SMILES string of the molecule is COC(=O)c1ccc(C(=O)OC)c(S(=O)(=O)[O-])c1.COC(=O)c1ccc(C(=O)OC)c(S(=O)(=O)[O-])c1.[Ba+2]. The van der Waals surface area contributed by atoms with Crippen molar-refractivity contribution in [2.24, 2.45) is 0 Å². The van der Waals surface area contributed by atoms with Crippen molar-refractivity contribution in [3.63, 3.8) is 0 Å². The molecule has 0 N–H and O–H groups in total. The van der Waals surface area contributed by atoms with Crippen molar-refractivity contribution in [3.8, 4) is 0 Å². The van der Waals surface area contributed by atoms with E-state index in [4.69, 9.17) is 0 Å². The minimum Gasteiger partial charge on any atom is -0.744 e. The summed E-state index contributed by atoms with van der Waals surface area (Å²) in [5.41, 5.74) is -1.17. The molecule has 2 aromatic carbocycles. The Morgan fingerprint density at radius 2 is 0.838 bits per heavy atom. The first-order chi connectivity index (χ1) is 16.6. The first-order valence-electron chi connectivity index (χ1n) is 9.15. The van der Waals surface area contributed by atoms with Crippen LogP contribution in [0, 0.1) is 0 Å². The zero-order valence-corrected chi connectivity index (χ0v) is 25.8. The summed E-state index contributed by atoms with van der Waals surface area (Å²) in [7, 11) is -5.55. The third-order valence-electron chi connectivity index (χ3n) is 4.15. The van der Waals surface area contributed by atoms with Gasteiger partial charge in [-0.2, -0.15) is 0 Å². The van der Waals surface area contributed by atoms with Crippen LogP contribution >= 0.6 is 0 Å². The smallest absolute Gasteiger partial charge is 0.744 e. The molecule has 0 saturated carbocycles. The van der Waals surface area contributed by atoms with E-state index in [0.717, 1.165) is 64.8 Å². The van der Waals surface area contributed by atoms with Gasteiger partial charge in [0.2, 0.25) is 0 Å². The van der Waals surface area contributed by atoms with Gasteiger partial charge in [-0.1, -0.05) is 0 Å². The molecule has 0 saturated heterocycles. The van der Waals surface area contributed by atoms with Gasteiger partial charge in [0.15, 0.2) is 0 Å². The quantitative estimate of drug-likeness (QED) is 0.169. The standard InChI is InChI=1S/2C10H10O7S.Ba/c2*1-16-9(11)6-3-4-7(10(12)17-2)8(5-6)18(13,14)15;/h2*3-5H,1-2H3,(H,13,14,15);/q;;+2/p-2. The maximum Gasteiger partial charge on any atom is 2.00 e. The molecule has 0 unspecified atom stereocenters. The van der Waals surface area contributed by atoms with Gasteiger partial charge in [-0.25, -0.2) is 36.0 Å². The van der Waals surface area contributed by atoms with Crippen molar-refractivity contribution in [1.82, 2.24) is 0 Å². The number of methoxy groups -OCH3 is 4. The molecule has 2 aromatic rings. The molecule has 0 aliphatic carbocycles. The fourth-order valence-electron chi connectivity index (χ4n) is 2.51. The number of rotatable bonds is 6. The molecule has 0 radical (unpaired) electrons. The Bertz CT molecular complexity index is 1290. The van der Waals surface area contributed by atoms with E-state index in [1.807, 2.05) is 0 Å². The molecule has 0 spiro atoms. The molecule has 0 atom stereocenters. The molecule has 0 aliphatic heterocycles. The zero-order valence-electron chi connectivity index (χ0n) is 19.7. The van der Waals surface area contributed by atoms with Gasteiger partial charge in [-0.3, -0.25) is 0 Å². The van der Waals surface area contributed by atoms with E-state index in [2.05, 4.69) is 18.9 Å². The summed E-state index contributed by atoms with van der Waals surface area (Å²) < 4.78 is 83.6. The van der Waals surface area contributed by atoms with Gasteiger partial charge in [0.1, 0.15) is 20.2 Å². The Morgan fingerprint density at radius 3 is 1.05 bits per heavy atom. The number of benzene rings is 2. The van der Waals surface area contributed by atoms with E-state index in [0.29, 0.717) is 0 Å². The van der Waals surface area contributed by atoms with E-state index in [1.54, 1.807) is 0 Å². The van der Waals surface area contributed by atoms with Crippen LogP contribution in [0.5, 0.6) is 0 Å². The van der Waals surface area contributed by atoms with Crippen molar-refractivity contribution < 1.29 is 64.1 Å². The van der Waals surface area contributed by atoms with Gasteiger partial charge in [-0.15, -0.1) is 0 Å². The van der Waals surface area contributed by atoms with E-state index in [9.17, 15) is 45.1 Å². The van der Waals surface area contributed by atoms with Crippen LogP contribution in [-0.4, -0.2) is 127 Å². The van der Waals surface area contributed by atoms with E-state index in [1.165, 1.54) is 0 Å². The van der Waals surface area contributed by atoms with Gasteiger partial charge >= 0.3 is 72.8 Å². The third-order valence-corrected chi connectivity index (χ3v) is 5.91. The van der Waals surface area contributed by atoms with Gasteiger partial charge in [0, 0.05) is 0 Å². The van der Waals surface area contributed by atoms with E-state index < -0.39 is 65.0 Å². The minimum atomic E-state index is -4.91. The molecule has 17 heteroatoms. The molecule has 0 heterocycles. The van der Waals surface area contributed by atoms with E-state index >= 15 is 0 Å². The number of ether oxygens (including phenoxy) is 4. The molecule has 0 aliphatic rings. The minimum absolute atomic E-state index is 0. The largest absolute Gasteiger partial charge is 2.00 e. The van der Waals surface area contributed by atoms with Crippen LogP contribution in [0.25, 0.3) is 0 Å². The fourth-order valence-corrected chi connectivity index (χ4v) is 3.89. The molecule has 14 nitrogen and oxygen atoms in total. The maximum absolute atomic E-state index is 11.3. The van der Waals surface area contributed by atoms with Crippen molar-refractivity contribution in [2.45, 2.75) is 9.79 Å². The summed E-state index contributed by atoms with van der Waals surface area (Å²) in [6.45, 7) is 0. The first kappa shape index (κ1) is 34.7. The summed E-state index contributed by atoms with van der Waals surface area (Å²) in [4.78, 5) is 43.4. The summed E-state index contributed by atoms with van der Waals surface area (Å²) >= 11 is 0. The Kier molecular flexibility index (Phi) is 13.7. The van der Waals surface area contributed by atoms with Crippen LogP contribution < -0.4 is 0 Å². The normalized spacial score (nSPS) is 10.5. The monoisotopic (exact) mass is 684 g/mol. The predicted molar refractivity (Wildman–Crippen MR) is 120 cm³/mol. The van der Waals surface area contributed by atoms with Crippen molar-refractivity contribution >= 4 is 93.0 Å². The molecule has 196 valence electrons. The number of hydrogen-bond donors (Lipinski definition) is 0. The molecule has 0 bridgehead atoms. The second-order valence-electron chi connectivity index (χ2n) is 6.30. The summed E-state index contributed by atoms with van der Waals surface area (Å²) in [6, 6.07) is 5.91. The molecule has 2 rings (SSSR count). The van der Waals surface area contributed by atoms with Crippen LogP contribution in [-0.2, 0) is 39.2 Å².